The summed E-state index contributed by atoms with van der Waals surface area (Å²) in [6, 6.07) is 3.64. The Kier molecular flexibility index (Phi) is 4.84. The van der Waals surface area contributed by atoms with Gasteiger partial charge in [0.25, 0.3) is 0 Å². The zero-order valence-corrected chi connectivity index (χ0v) is 11.8. The van der Waals surface area contributed by atoms with Gasteiger partial charge in [0.15, 0.2) is 0 Å². The topological polar surface area (TPSA) is 53.1 Å². The minimum atomic E-state index is -4.36. The maximum Gasteiger partial charge on any atom is 0.416 e. The van der Waals surface area contributed by atoms with E-state index < -0.39 is 11.7 Å². The Hall–Kier alpha value is -1.60. The highest BCUT2D eigenvalue weighted by Gasteiger charge is 2.31. The van der Waals surface area contributed by atoms with Crippen LogP contribution in [0.3, 0.4) is 0 Å². The number of ether oxygens (including phenoxy) is 1. The van der Waals surface area contributed by atoms with E-state index in [4.69, 9.17) is 10.5 Å². The minimum absolute atomic E-state index is 0.352. The van der Waals surface area contributed by atoms with Crippen molar-refractivity contribution in [3.05, 3.63) is 29.6 Å². The van der Waals surface area contributed by atoms with Gasteiger partial charge >= 0.3 is 6.18 Å². The molecular weight excluding hydrogens is 283 g/mol. The lowest BCUT2D eigenvalue weighted by Gasteiger charge is -2.09. The molecule has 2 aromatic rings. The molecule has 1 aromatic carbocycles. The van der Waals surface area contributed by atoms with Crippen molar-refractivity contribution >= 4 is 11.0 Å². The van der Waals surface area contributed by atoms with Crippen LogP contribution in [0.25, 0.3) is 11.0 Å². The van der Waals surface area contributed by atoms with E-state index in [1.165, 1.54) is 6.07 Å². The Morgan fingerprint density at radius 1 is 1.33 bits per heavy atom. The van der Waals surface area contributed by atoms with Gasteiger partial charge in [-0.15, -0.1) is 0 Å². The molecule has 0 radical (unpaired) electrons. The molecule has 0 amide bonds. The van der Waals surface area contributed by atoms with Gasteiger partial charge in [-0.3, -0.25) is 0 Å². The van der Waals surface area contributed by atoms with Crippen LogP contribution < -0.4 is 5.73 Å². The van der Waals surface area contributed by atoms with Gasteiger partial charge in [0.05, 0.1) is 16.6 Å². The van der Waals surface area contributed by atoms with Crippen molar-refractivity contribution in [1.82, 2.24) is 9.55 Å². The van der Waals surface area contributed by atoms with E-state index in [9.17, 15) is 13.2 Å². The van der Waals surface area contributed by atoms with Crippen LogP contribution in [0.4, 0.5) is 13.2 Å². The number of fused-ring (bicyclic) bond motifs is 1. The number of aromatic nitrogens is 2. The number of aryl methyl sites for hydroxylation is 1. The number of methoxy groups -OCH3 is 1. The molecule has 1 heterocycles. The van der Waals surface area contributed by atoms with Gasteiger partial charge in [0, 0.05) is 26.7 Å². The first-order valence-electron chi connectivity index (χ1n) is 6.72. The molecule has 4 nitrogen and oxygen atoms in total. The van der Waals surface area contributed by atoms with Gasteiger partial charge in [-0.1, -0.05) is 0 Å². The molecule has 1 aromatic heterocycles. The van der Waals surface area contributed by atoms with E-state index in [1.54, 1.807) is 7.11 Å². The summed E-state index contributed by atoms with van der Waals surface area (Å²) in [7, 11) is 1.61. The van der Waals surface area contributed by atoms with Gasteiger partial charge < -0.3 is 15.0 Å². The van der Waals surface area contributed by atoms with Gasteiger partial charge in [-0.25, -0.2) is 4.98 Å². The van der Waals surface area contributed by atoms with Crippen LogP contribution in [0.1, 0.15) is 17.8 Å². The number of hydrogen-bond donors (Lipinski definition) is 1. The monoisotopic (exact) mass is 301 g/mol. The van der Waals surface area contributed by atoms with E-state index in [0.717, 1.165) is 18.6 Å². The maximum absolute atomic E-state index is 12.7. The molecule has 21 heavy (non-hydrogen) atoms. The number of rotatable bonds is 6. The molecule has 2 rings (SSSR count). The molecule has 0 aliphatic carbocycles. The molecule has 0 fully saturated rings. The number of nitrogens with zero attached hydrogens (tertiary/aromatic N) is 2. The summed E-state index contributed by atoms with van der Waals surface area (Å²) < 4.78 is 45.2. The molecule has 2 N–H and O–H groups in total. The van der Waals surface area contributed by atoms with E-state index in [-0.39, 0.29) is 0 Å². The Bertz CT molecular complexity index is 607. The third-order valence-corrected chi connectivity index (χ3v) is 3.25. The SMILES string of the molecule is COCCCn1c(CCN)nc2cc(C(F)(F)F)ccc21. The van der Waals surface area contributed by atoms with Crippen molar-refractivity contribution in [2.24, 2.45) is 5.73 Å². The van der Waals surface area contributed by atoms with Gasteiger partial charge in [0.2, 0.25) is 0 Å². The summed E-state index contributed by atoms with van der Waals surface area (Å²) in [5.41, 5.74) is 5.91. The Morgan fingerprint density at radius 3 is 2.71 bits per heavy atom. The zero-order chi connectivity index (χ0) is 15.5. The lowest BCUT2D eigenvalue weighted by Crippen LogP contribution is -2.11. The first-order valence-corrected chi connectivity index (χ1v) is 6.72. The predicted octanol–water partition coefficient (Wildman–Crippen LogP) is 2.59. The van der Waals surface area contributed by atoms with E-state index in [0.29, 0.717) is 43.0 Å². The van der Waals surface area contributed by atoms with Crippen molar-refractivity contribution < 1.29 is 17.9 Å². The third kappa shape index (κ3) is 3.54. The number of alkyl halides is 3. The van der Waals surface area contributed by atoms with Gasteiger partial charge in [-0.2, -0.15) is 13.2 Å². The quantitative estimate of drug-likeness (QED) is 0.834. The average Bonchev–Trinajstić information content (AvgIpc) is 2.76. The Morgan fingerprint density at radius 2 is 2.10 bits per heavy atom. The summed E-state index contributed by atoms with van der Waals surface area (Å²) in [5.74, 6) is 0.711. The van der Waals surface area contributed by atoms with Crippen LogP contribution in [0.2, 0.25) is 0 Å². The van der Waals surface area contributed by atoms with Gasteiger partial charge in [-0.05, 0) is 31.2 Å². The van der Waals surface area contributed by atoms with Crippen molar-refractivity contribution in [1.29, 1.82) is 0 Å². The number of benzene rings is 1. The highest BCUT2D eigenvalue weighted by Crippen LogP contribution is 2.31. The van der Waals surface area contributed by atoms with Crippen molar-refractivity contribution in [3.8, 4) is 0 Å². The normalized spacial score (nSPS) is 12.2. The van der Waals surface area contributed by atoms with Gasteiger partial charge in [0.1, 0.15) is 5.82 Å². The van der Waals surface area contributed by atoms with Crippen LogP contribution in [0.15, 0.2) is 18.2 Å². The predicted molar refractivity (Wildman–Crippen MR) is 74.0 cm³/mol. The summed E-state index contributed by atoms with van der Waals surface area (Å²) in [6.45, 7) is 1.63. The second-order valence-corrected chi connectivity index (χ2v) is 4.77. The number of halogens is 3. The molecule has 0 saturated carbocycles. The third-order valence-electron chi connectivity index (χ3n) is 3.25. The van der Waals surface area contributed by atoms with Crippen LogP contribution in [0, 0.1) is 0 Å². The average molecular weight is 301 g/mol. The highest BCUT2D eigenvalue weighted by atomic mass is 19.4. The fraction of sp³-hybridized carbons (Fsp3) is 0.500. The molecule has 116 valence electrons. The maximum atomic E-state index is 12.7. The molecule has 0 unspecified atom stereocenters. The Labute approximate surface area is 120 Å². The van der Waals surface area contributed by atoms with E-state index in [2.05, 4.69) is 4.98 Å². The van der Waals surface area contributed by atoms with Crippen LogP contribution in [-0.4, -0.2) is 29.8 Å². The molecule has 0 aliphatic heterocycles. The lowest BCUT2D eigenvalue weighted by molar-refractivity contribution is -0.137. The zero-order valence-electron chi connectivity index (χ0n) is 11.8. The summed E-state index contributed by atoms with van der Waals surface area (Å²) in [6.07, 6.45) is -3.06. The first kappa shape index (κ1) is 15.8. The number of nitrogens with two attached hydrogens (primary N) is 1. The molecule has 0 atom stereocenters. The molecule has 0 bridgehead atoms. The summed E-state index contributed by atoms with van der Waals surface area (Å²) in [4.78, 5) is 4.30. The number of imidazole rings is 1. The standard InChI is InChI=1S/C14H18F3N3O/c1-21-8-2-7-20-12-4-3-10(14(15,16)17)9-11(12)19-13(20)5-6-18/h3-4,9H,2,5-8,18H2,1H3. The summed E-state index contributed by atoms with van der Waals surface area (Å²) in [5, 5.41) is 0. The fourth-order valence-corrected chi connectivity index (χ4v) is 2.29. The second-order valence-electron chi connectivity index (χ2n) is 4.77. The molecule has 0 aliphatic rings. The highest BCUT2D eigenvalue weighted by molar-refractivity contribution is 5.77. The smallest absolute Gasteiger partial charge is 0.385 e. The summed E-state index contributed by atoms with van der Waals surface area (Å²) >= 11 is 0. The lowest BCUT2D eigenvalue weighted by atomic mass is 10.2. The van der Waals surface area contributed by atoms with Crippen LogP contribution in [0.5, 0.6) is 0 Å². The van der Waals surface area contributed by atoms with Crippen LogP contribution >= 0.6 is 0 Å². The molecule has 0 spiro atoms. The van der Waals surface area contributed by atoms with E-state index in [1.807, 2.05) is 4.57 Å². The fourth-order valence-electron chi connectivity index (χ4n) is 2.29. The van der Waals surface area contributed by atoms with Crippen molar-refractivity contribution in [3.63, 3.8) is 0 Å². The number of hydrogen-bond acceptors (Lipinski definition) is 3. The largest absolute Gasteiger partial charge is 0.416 e. The molecular formula is C14H18F3N3O. The minimum Gasteiger partial charge on any atom is -0.385 e. The molecule has 0 saturated heterocycles. The second kappa shape index (κ2) is 6.44. The first-order chi connectivity index (χ1) is 9.97. The van der Waals surface area contributed by atoms with Crippen molar-refractivity contribution in [2.45, 2.75) is 25.6 Å². The Balaban J connectivity index is 2.41. The molecule has 7 heteroatoms. The van der Waals surface area contributed by atoms with Crippen molar-refractivity contribution in [2.75, 3.05) is 20.3 Å². The van der Waals surface area contributed by atoms with Crippen LogP contribution in [-0.2, 0) is 23.9 Å². The van der Waals surface area contributed by atoms with E-state index >= 15 is 0 Å².